The van der Waals surface area contributed by atoms with E-state index in [1.807, 2.05) is 6.92 Å². The fraction of sp³-hybridized carbons (Fsp3) is 0.571. The van der Waals surface area contributed by atoms with Gasteiger partial charge in [0, 0.05) is 12.6 Å². The molecule has 1 aromatic rings. The molecule has 0 radical (unpaired) electrons. The summed E-state index contributed by atoms with van der Waals surface area (Å²) < 4.78 is 1.22. The van der Waals surface area contributed by atoms with Gasteiger partial charge >= 0.3 is 5.97 Å². The molecule has 1 fully saturated rings. The van der Waals surface area contributed by atoms with Crippen LogP contribution in [0.15, 0.2) is 16.9 Å². The summed E-state index contributed by atoms with van der Waals surface area (Å²) in [6.07, 6.45) is 3.10. The molecule has 1 heterocycles. The smallest absolute Gasteiger partial charge is 0.329 e. The zero-order valence-corrected chi connectivity index (χ0v) is 12.0. The summed E-state index contributed by atoms with van der Waals surface area (Å²) in [5.41, 5.74) is -1.41. The van der Waals surface area contributed by atoms with Crippen LogP contribution in [0.25, 0.3) is 0 Å². The number of aliphatic carboxylic acids is 1. The van der Waals surface area contributed by atoms with Crippen molar-refractivity contribution in [2.75, 3.05) is 0 Å². The first kappa shape index (κ1) is 15.2. The normalized spacial score (nSPS) is 16.6. The molecule has 1 aromatic heterocycles. The molecule has 1 amide bonds. The average Bonchev–Trinajstić information content (AvgIpc) is 2.91. The zero-order chi connectivity index (χ0) is 15.5. The fourth-order valence-electron chi connectivity index (χ4n) is 2.59. The highest BCUT2D eigenvalue weighted by Gasteiger charge is 2.42. The first-order valence-corrected chi connectivity index (χ1v) is 7.12. The number of carboxylic acid groups (broad SMARTS) is 1. The predicted octanol–water partition coefficient (Wildman–Crippen LogP) is 0.780. The van der Waals surface area contributed by atoms with Crippen molar-refractivity contribution in [1.29, 1.82) is 0 Å². The van der Waals surface area contributed by atoms with E-state index in [1.165, 1.54) is 16.8 Å². The van der Waals surface area contributed by atoms with Gasteiger partial charge in [0.15, 0.2) is 0 Å². The molecular formula is C14H19N3O4. The van der Waals surface area contributed by atoms with Gasteiger partial charge in [0.05, 0.1) is 0 Å². The lowest BCUT2D eigenvalue weighted by Gasteiger charge is -2.25. The third-order valence-corrected chi connectivity index (χ3v) is 3.75. The van der Waals surface area contributed by atoms with Crippen LogP contribution in [-0.4, -0.2) is 32.3 Å². The van der Waals surface area contributed by atoms with Gasteiger partial charge in [-0.2, -0.15) is 5.10 Å². The number of rotatable bonds is 5. The molecule has 1 aliphatic rings. The summed E-state index contributed by atoms with van der Waals surface area (Å²) >= 11 is 0. The number of nitrogens with one attached hydrogen (secondary N) is 1. The zero-order valence-electron chi connectivity index (χ0n) is 12.0. The topological polar surface area (TPSA) is 101 Å². The minimum absolute atomic E-state index is 0.0653. The monoisotopic (exact) mass is 293 g/mol. The number of carbonyl (C=O) groups excluding carboxylic acids is 1. The molecule has 0 spiro atoms. The maximum Gasteiger partial charge on any atom is 0.329 e. The van der Waals surface area contributed by atoms with Gasteiger partial charge in [0.25, 0.3) is 11.5 Å². The molecule has 2 rings (SSSR count). The van der Waals surface area contributed by atoms with Crippen LogP contribution in [0, 0.1) is 0 Å². The third kappa shape index (κ3) is 3.12. The maximum atomic E-state index is 12.2. The molecule has 0 saturated heterocycles. The largest absolute Gasteiger partial charge is 0.480 e. The van der Waals surface area contributed by atoms with Gasteiger partial charge in [0.1, 0.15) is 11.2 Å². The second-order valence-electron chi connectivity index (χ2n) is 5.33. The van der Waals surface area contributed by atoms with Crippen molar-refractivity contribution in [3.05, 3.63) is 28.2 Å². The molecule has 0 atom stereocenters. The quantitative estimate of drug-likeness (QED) is 0.835. The van der Waals surface area contributed by atoms with Gasteiger partial charge in [0.2, 0.25) is 0 Å². The summed E-state index contributed by atoms with van der Waals surface area (Å²) in [5, 5.41) is 15.9. The first-order chi connectivity index (χ1) is 9.98. The van der Waals surface area contributed by atoms with Crippen molar-refractivity contribution in [3.63, 3.8) is 0 Å². The first-order valence-electron chi connectivity index (χ1n) is 7.12. The van der Waals surface area contributed by atoms with Crippen LogP contribution in [-0.2, 0) is 11.3 Å². The summed E-state index contributed by atoms with van der Waals surface area (Å²) in [4.78, 5) is 35.2. The van der Waals surface area contributed by atoms with Crippen LogP contribution in [0.3, 0.4) is 0 Å². The highest BCUT2D eigenvalue weighted by molar-refractivity contribution is 5.96. The second-order valence-corrected chi connectivity index (χ2v) is 5.33. The molecular weight excluding hydrogens is 274 g/mol. The number of aromatic nitrogens is 2. The summed E-state index contributed by atoms with van der Waals surface area (Å²) in [7, 11) is 0. The Hall–Kier alpha value is -2.18. The Morgan fingerprint density at radius 2 is 2.05 bits per heavy atom. The van der Waals surface area contributed by atoms with E-state index in [9.17, 15) is 19.5 Å². The van der Waals surface area contributed by atoms with Crippen molar-refractivity contribution in [2.24, 2.45) is 0 Å². The number of hydrogen-bond donors (Lipinski definition) is 2. The van der Waals surface area contributed by atoms with Crippen LogP contribution in [0.2, 0.25) is 0 Å². The molecule has 114 valence electrons. The number of amides is 1. The molecule has 7 nitrogen and oxygen atoms in total. The number of carbonyl (C=O) groups is 2. The fourth-order valence-corrected chi connectivity index (χ4v) is 2.59. The Morgan fingerprint density at radius 3 is 2.62 bits per heavy atom. The van der Waals surface area contributed by atoms with Crippen molar-refractivity contribution in [2.45, 2.75) is 51.1 Å². The van der Waals surface area contributed by atoms with E-state index in [1.54, 1.807) is 0 Å². The van der Waals surface area contributed by atoms with Gasteiger partial charge in [-0.3, -0.25) is 9.59 Å². The molecule has 0 aromatic carbocycles. The van der Waals surface area contributed by atoms with Gasteiger partial charge in [-0.05, 0) is 25.3 Å². The van der Waals surface area contributed by atoms with Crippen LogP contribution in [0.1, 0.15) is 49.5 Å². The molecule has 7 heteroatoms. The van der Waals surface area contributed by atoms with E-state index < -0.39 is 17.4 Å². The van der Waals surface area contributed by atoms with Crippen LogP contribution < -0.4 is 10.9 Å². The number of hydrogen-bond acceptors (Lipinski definition) is 4. The third-order valence-electron chi connectivity index (χ3n) is 3.75. The SMILES string of the molecule is CCCn1nc(C(=O)NC2(C(=O)O)CCCC2)ccc1=O. The predicted molar refractivity (Wildman–Crippen MR) is 75.1 cm³/mol. The Bertz CT molecular complexity index is 602. The van der Waals surface area contributed by atoms with Crippen molar-refractivity contribution in [3.8, 4) is 0 Å². The van der Waals surface area contributed by atoms with Gasteiger partial charge in [-0.25, -0.2) is 9.48 Å². The summed E-state index contributed by atoms with van der Waals surface area (Å²) in [6, 6.07) is 2.61. The summed E-state index contributed by atoms with van der Waals surface area (Å²) in [5.74, 6) is -1.57. The van der Waals surface area contributed by atoms with E-state index in [-0.39, 0.29) is 11.3 Å². The van der Waals surface area contributed by atoms with E-state index in [0.29, 0.717) is 19.4 Å². The molecule has 0 bridgehead atoms. The number of carboxylic acids is 1. The van der Waals surface area contributed by atoms with Gasteiger partial charge in [-0.1, -0.05) is 19.8 Å². The molecule has 2 N–H and O–H groups in total. The maximum absolute atomic E-state index is 12.2. The molecule has 21 heavy (non-hydrogen) atoms. The average molecular weight is 293 g/mol. The lowest BCUT2D eigenvalue weighted by Crippen LogP contribution is -2.52. The van der Waals surface area contributed by atoms with Gasteiger partial charge < -0.3 is 10.4 Å². The van der Waals surface area contributed by atoms with Crippen LogP contribution in [0.4, 0.5) is 0 Å². The van der Waals surface area contributed by atoms with Crippen molar-refractivity contribution < 1.29 is 14.7 Å². The highest BCUT2D eigenvalue weighted by Crippen LogP contribution is 2.30. The van der Waals surface area contributed by atoms with E-state index >= 15 is 0 Å². The van der Waals surface area contributed by atoms with E-state index in [0.717, 1.165) is 19.3 Å². The lowest BCUT2D eigenvalue weighted by molar-refractivity contribution is -0.144. The van der Waals surface area contributed by atoms with Crippen molar-refractivity contribution in [1.82, 2.24) is 15.1 Å². The number of aryl methyl sites for hydroxylation is 1. The Balaban J connectivity index is 2.22. The van der Waals surface area contributed by atoms with E-state index in [2.05, 4.69) is 10.4 Å². The standard InChI is InChI=1S/C14H19N3O4/c1-2-9-17-11(18)6-5-10(16-17)12(19)15-14(13(20)21)7-3-4-8-14/h5-6H,2-4,7-9H2,1H3,(H,15,19)(H,20,21). The second kappa shape index (κ2) is 6.07. The Labute approximate surface area is 122 Å². The minimum atomic E-state index is -1.20. The van der Waals surface area contributed by atoms with Crippen LogP contribution >= 0.6 is 0 Å². The Kier molecular flexibility index (Phi) is 4.40. The highest BCUT2D eigenvalue weighted by atomic mass is 16.4. The molecule has 1 aliphatic carbocycles. The van der Waals surface area contributed by atoms with Gasteiger partial charge in [-0.15, -0.1) is 0 Å². The Morgan fingerprint density at radius 1 is 1.38 bits per heavy atom. The molecule has 1 saturated carbocycles. The number of nitrogens with zero attached hydrogens (tertiary/aromatic N) is 2. The summed E-state index contributed by atoms with van der Waals surface area (Å²) in [6.45, 7) is 2.32. The minimum Gasteiger partial charge on any atom is -0.480 e. The van der Waals surface area contributed by atoms with E-state index in [4.69, 9.17) is 0 Å². The van der Waals surface area contributed by atoms with Crippen molar-refractivity contribution >= 4 is 11.9 Å². The lowest BCUT2D eigenvalue weighted by atomic mass is 9.97. The van der Waals surface area contributed by atoms with Crippen LogP contribution in [0.5, 0.6) is 0 Å². The molecule has 0 unspecified atom stereocenters. The molecule has 0 aliphatic heterocycles.